The van der Waals surface area contributed by atoms with Crippen molar-refractivity contribution in [1.29, 1.82) is 0 Å². The molecule has 1 aromatic carbocycles. The zero-order valence-corrected chi connectivity index (χ0v) is 14.4. The molecule has 0 saturated carbocycles. The second kappa shape index (κ2) is 6.34. The van der Waals surface area contributed by atoms with Crippen molar-refractivity contribution < 1.29 is 4.79 Å². The number of hydrogen-bond acceptors (Lipinski definition) is 3. The molecule has 2 rings (SSSR count). The van der Waals surface area contributed by atoms with E-state index < -0.39 is 0 Å². The van der Waals surface area contributed by atoms with Crippen molar-refractivity contribution in [2.75, 3.05) is 5.32 Å². The van der Waals surface area contributed by atoms with E-state index in [-0.39, 0.29) is 21.9 Å². The Balaban J connectivity index is 2.31. The lowest BCUT2D eigenvalue weighted by atomic mass is 10.2. The molecule has 19 heavy (non-hydrogen) atoms. The predicted octanol–water partition coefficient (Wildman–Crippen LogP) is 4.40. The molecule has 0 aliphatic carbocycles. The molecule has 0 aliphatic rings. The molecule has 98 valence electrons. The van der Waals surface area contributed by atoms with E-state index in [1.807, 2.05) is 12.1 Å². The Hall–Kier alpha value is -0.440. The largest absolute Gasteiger partial charge is 0.305 e. The summed E-state index contributed by atoms with van der Waals surface area (Å²) < 4.78 is 1.62. The number of carbonyl (C=O) groups is 1. The van der Waals surface area contributed by atoms with Gasteiger partial charge in [-0.25, -0.2) is 9.97 Å². The highest BCUT2D eigenvalue weighted by Gasteiger charge is 2.14. The van der Waals surface area contributed by atoms with Gasteiger partial charge in [-0.05, 0) is 40.8 Å². The van der Waals surface area contributed by atoms with Crippen LogP contribution < -0.4 is 5.32 Å². The number of aromatic nitrogens is 2. The Morgan fingerprint density at radius 3 is 2.79 bits per heavy atom. The van der Waals surface area contributed by atoms with Crippen molar-refractivity contribution in [1.82, 2.24) is 9.97 Å². The number of halogens is 4. The number of amides is 1. The average Bonchev–Trinajstić information content (AvgIpc) is 2.38. The molecule has 0 bridgehead atoms. The molecule has 1 amide bonds. The summed E-state index contributed by atoms with van der Waals surface area (Å²) in [7, 11) is 0. The van der Waals surface area contributed by atoms with E-state index >= 15 is 0 Å². The maximum atomic E-state index is 12.2. The molecule has 0 atom stereocenters. The first-order chi connectivity index (χ1) is 8.99. The number of nitrogens with one attached hydrogen (secondary N) is 1. The third-order valence-corrected chi connectivity index (χ3v) is 4.33. The lowest BCUT2D eigenvalue weighted by molar-refractivity contribution is 0.102. The summed E-state index contributed by atoms with van der Waals surface area (Å²) in [6.07, 6.45) is 1.23. The number of anilines is 1. The van der Waals surface area contributed by atoms with E-state index in [2.05, 4.69) is 53.8 Å². The third kappa shape index (κ3) is 3.56. The van der Waals surface area contributed by atoms with Crippen LogP contribution in [0.3, 0.4) is 0 Å². The average molecular weight is 473 g/mol. The summed E-state index contributed by atoms with van der Waals surface area (Å²) in [6.45, 7) is 0. The van der Waals surface area contributed by atoms with E-state index in [0.29, 0.717) is 5.56 Å². The van der Waals surface area contributed by atoms with Gasteiger partial charge in [0, 0.05) is 8.04 Å². The van der Waals surface area contributed by atoms with Crippen LogP contribution in [0.5, 0.6) is 0 Å². The van der Waals surface area contributed by atoms with Gasteiger partial charge in [-0.2, -0.15) is 0 Å². The van der Waals surface area contributed by atoms with Crippen molar-refractivity contribution in [3.05, 3.63) is 48.3 Å². The molecule has 4 nitrogen and oxygen atoms in total. The summed E-state index contributed by atoms with van der Waals surface area (Å²) in [5.74, 6) is -0.134. The summed E-state index contributed by atoms with van der Waals surface area (Å²) in [5, 5.41) is 2.81. The Morgan fingerprint density at radius 2 is 2.05 bits per heavy atom. The maximum absolute atomic E-state index is 12.2. The molecule has 0 fully saturated rings. The second-order valence-corrected chi connectivity index (χ2v) is 6.22. The van der Waals surface area contributed by atoms with Crippen LogP contribution in [0, 0.1) is 3.57 Å². The zero-order chi connectivity index (χ0) is 14.0. The van der Waals surface area contributed by atoms with Gasteiger partial charge in [0.2, 0.25) is 0 Å². The Morgan fingerprint density at radius 1 is 1.32 bits per heavy atom. The summed E-state index contributed by atoms with van der Waals surface area (Å²) in [5.41, 5.74) is 0.515. The highest BCUT2D eigenvalue weighted by molar-refractivity contribution is 14.1. The fraction of sp³-hybridized carbons (Fsp3) is 0. The van der Waals surface area contributed by atoms with Gasteiger partial charge in [-0.15, -0.1) is 0 Å². The number of carbonyl (C=O) groups excluding carboxylic acids is 1. The van der Waals surface area contributed by atoms with Crippen LogP contribution in [0.4, 0.5) is 5.82 Å². The molecule has 0 unspecified atom stereocenters. The van der Waals surface area contributed by atoms with Gasteiger partial charge in [0.15, 0.2) is 11.0 Å². The summed E-state index contributed by atoms with van der Waals surface area (Å²) >= 11 is 17.1. The van der Waals surface area contributed by atoms with Gasteiger partial charge < -0.3 is 5.32 Å². The lowest BCUT2D eigenvalue weighted by Gasteiger charge is -2.08. The van der Waals surface area contributed by atoms with E-state index in [4.69, 9.17) is 23.2 Å². The molecule has 1 aromatic heterocycles. The molecule has 0 saturated heterocycles. The minimum absolute atomic E-state index is 0.0934. The van der Waals surface area contributed by atoms with Crippen molar-refractivity contribution >= 4 is 73.4 Å². The normalized spacial score (nSPS) is 10.3. The van der Waals surface area contributed by atoms with Gasteiger partial charge in [-0.1, -0.05) is 39.1 Å². The first kappa shape index (κ1) is 15.0. The molecule has 1 heterocycles. The van der Waals surface area contributed by atoms with Crippen molar-refractivity contribution in [2.24, 2.45) is 0 Å². The van der Waals surface area contributed by atoms with Crippen LogP contribution in [0.15, 0.2) is 29.0 Å². The van der Waals surface area contributed by atoms with E-state index in [1.54, 1.807) is 6.07 Å². The Labute approximate surface area is 141 Å². The molecule has 1 N–H and O–H groups in total. The number of benzene rings is 1. The van der Waals surface area contributed by atoms with Crippen LogP contribution >= 0.6 is 61.7 Å². The van der Waals surface area contributed by atoms with E-state index in [9.17, 15) is 4.79 Å². The number of hydrogen-bond donors (Lipinski definition) is 1. The van der Waals surface area contributed by atoms with Crippen LogP contribution in [0.1, 0.15) is 10.4 Å². The van der Waals surface area contributed by atoms with Crippen LogP contribution in [-0.4, -0.2) is 15.9 Å². The Kier molecular flexibility index (Phi) is 4.99. The smallest absolute Gasteiger partial charge is 0.257 e. The van der Waals surface area contributed by atoms with Crippen LogP contribution in [0.2, 0.25) is 10.2 Å². The van der Waals surface area contributed by atoms with Crippen LogP contribution in [-0.2, 0) is 0 Å². The van der Waals surface area contributed by atoms with Crippen molar-refractivity contribution in [2.45, 2.75) is 0 Å². The zero-order valence-electron chi connectivity index (χ0n) is 9.12. The Bertz CT molecular complexity index is 654. The SMILES string of the molecule is O=C(Nc1ncnc(Cl)c1Cl)c1cc(Br)ccc1I. The fourth-order valence-electron chi connectivity index (χ4n) is 1.28. The first-order valence-electron chi connectivity index (χ1n) is 4.91. The highest BCUT2D eigenvalue weighted by atomic mass is 127. The molecule has 0 radical (unpaired) electrons. The summed E-state index contributed by atoms with van der Waals surface area (Å²) in [4.78, 5) is 19.7. The minimum Gasteiger partial charge on any atom is -0.305 e. The van der Waals surface area contributed by atoms with E-state index in [1.165, 1.54) is 6.33 Å². The molecule has 0 spiro atoms. The quantitative estimate of drug-likeness (QED) is 0.520. The second-order valence-electron chi connectivity index (χ2n) is 3.41. The third-order valence-electron chi connectivity index (χ3n) is 2.15. The van der Waals surface area contributed by atoms with Crippen molar-refractivity contribution in [3.8, 4) is 0 Å². The highest BCUT2D eigenvalue weighted by Crippen LogP contribution is 2.26. The molecular weight excluding hydrogens is 468 g/mol. The van der Waals surface area contributed by atoms with Gasteiger partial charge in [0.25, 0.3) is 5.91 Å². The number of nitrogens with zero attached hydrogens (tertiary/aromatic N) is 2. The topological polar surface area (TPSA) is 54.9 Å². The van der Waals surface area contributed by atoms with Crippen LogP contribution in [0.25, 0.3) is 0 Å². The summed E-state index contributed by atoms with van der Waals surface area (Å²) in [6, 6.07) is 5.40. The molecule has 2 aromatic rings. The first-order valence-corrected chi connectivity index (χ1v) is 7.54. The number of rotatable bonds is 2. The maximum Gasteiger partial charge on any atom is 0.257 e. The molecule has 8 heteroatoms. The monoisotopic (exact) mass is 471 g/mol. The predicted molar refractivity (Wildman–Crippen MR) is 86.9 cm³/mol. The van der Waals surface area contributed by atoms with Gasteiger partial charge in [-0.3, -0.25) is 4.79 Å². The fourth-order valence-corrected chi connectivity index (χ4v) is 2.50. The molecule has 0 aliphatic heterocycles. The van der Waals surface area contributed by atoms with Gasteiger partial charge >= 0.3 is 0 Å². The van der Waals surface area contributed by atoms with Crippen molar-refractivity contribution in [3.63, 3.8) is 0 Å². The minimum atomic E-state index is -0.317. The van der Waals surface area contributed by atoms with E-state index in [0.717, 1.165) is 8.04 Å². The molecular formula is C11H5BrCl2IN3O. The van der Waals surface area contributed by atoms with Gasteiger partial charge in [0.1, 0.15) is 11.3 Å². The standard InChI is InChI=1S/C11H5BrCl2IN3O/c12-5-1-2-7(15)6(3-5)11(19)18-10-8(13)9(14)16-4-17-10/h1-4H,(H,16,17,18,19). The lowest BCUT2D eigenvalue weighted by Crippen LogP contribution is -2.15. The van der Waals surface area contributed by atoms with Gasteiger partial charge in [0.05, 0.1) is 5.56 Å².